The zero-order valence-corrected chi connectivity index (χ0v) is 19.6. The van der Waals surface area contributed by atoms with Gasteiger partial charge in [-0.25, -0.2) is 13.8 Å². The Labute approximate surface area is 206 Å². The first-order valence-corrected chi connectivity index (χ1v) is 11.7. The Balaban J connectivity index is 1.32. The molecule has 5 nitrogen and oxygen atoms in total. The number of benzene rings is 3. The summed E-state index contributed by atoms with van der Waals surface area (Å²) in [5, 5.41) is 5.02. The van der Waals surface area contributed by atoms with E-state index in [0.29, 0.717) is 11.1 Å². The van der Waals surface area contributed by atoms with Crippen molar-refractivity contribution >= 4 is 39.8 Å². The molecule has 8 heteroatoms. The monoisotopic (exact) mass is 492 g/mol. The highest BCUT2D eigenvalue weighted by Gasteiger charge is 2.20. The summed E-state index contributed by atoms with van der Waals surface area (Å²) in [4.78, 5) is 21.9. The minimum absolute atomic E-state index is 0.196. The highest BCUT2D eigenvalue weighted by atomic mass is 35.5. The van der Waals surface area contributed by atoms with E-state index in [9.17, 15) is 13.6 Å². The van der Waals surface area contributed by atoms with Gasteiger partial charge in [-0.1, -0.05) is 23.7 Å². The Morgan fingerprint density at radius 2 is 1.60 bits per heavy atom. The van der Waals surface area contributed by atoms with Crippen LogP contribution in [0.2, 0.25) is 5.02 Å². The molecule has 2 heterocycles. The Bertz CT molecular complexity index is 1370. The molecule has 0 bridgehead atoms. The molecule has 0 aliphatic carbocycles. The number of hydrogen-bond acceptors (Lipinski definition) is 4. The number of pyridine rings is 1. The number of carbonyl (C=O) groups is 1. The molecule has 35 heavy (non-hydrogen) atoms. The average Bonchev–Trinajstić information content (AvgIpc) is 2.88. The van der Waals surface area contributed by atoms with Crippen LogP contribution in [0.4, 0.5) is 20.3 Å². The van der Waals surface area contributed by atoms with Crippen molar-refractivity contribution in [2.24, 2.45) is 0 Å². The molecule has 1 aromatic heterocycles. The van der Waals surface area contributed by atoms with Gasteiger partial charge in [0.05, 0.1) is 0 Å². The maximum atomic E-state index is 13.3. The van der Waals surface area contributed by atoms with Gasteiger partial charge in [-0.15, -0.1) is 0 Å². The number of aromatic nitrogens is 1. The predicted octanol–water partition coefficient (Wildman–Crippen LogP) is 5.42. The molecule has 0 unspecified atom stereocenters. The van der Waals surface area contributed by atoms with Crippen molar-refractivity contribution in [1.82, 2.24) is 10.3 Å². The van der Waals surface area contributed by atoms with Gasteiger partial charge in [-0.3, -0.25) is 4.79 Å². The summed E-state index contributed by atoms with van der Waals surface area (Å²) >= 11 is 6.07. The van der Waals surface area contributed by atoms with Gasteiger partial charge >= 0.3 is 0 Å². The largest absolute Gasteiger partial charge is 0.368 e. The predicted molar refractivity (Wildman–Crippen MR) is 135 cm³/mol. The minimum atomic E-state index is -0.418. The standard InChI is InChI=1S/C27H23ClF2N4O/c28-25-16-22(30)4-3-20(25)17-32-27(35)19-2-1-18-9-10-31-26(24(18)15-19)34-13-11-33(12-14-34)23-7-5-21(29)6-8-23/h1-10,15-16H,11-14,17H2,(H,32,35). The van der Waals surface area contributed by atoms with Gasteiger partial charge in [0.1, 0.15) is 17.5 Å². The lowest BCUT2D eigenvalue weighted by atomic mass is 10.1. The van der Waals surface area contributed by atoms with Crippen LogP contribution in [0.25, 0.3) is 10.8 Å². The van der Waals surface area contributed by atoms with E-state index in [0.717, 1.165) is 48.5 Å². The Kier molecular flexibility index (Phi) is 6.51. The van der Waals surface area contributed by atoms with E-state index in [-0.39, 0.29) is 23.3 Å². The molecule has 0 spiro atoms. The third-order valence-electron chi connectivity index (χ3n) is 6.23. The molecule has 1 aliphatic rings. The third kappa shape index (κ3) is 5.05. The van der Waals surface area contributed by atoms with Crippen LogP contribution in [0, 0.1) is 11.6 Å². The molecule has 4 aromatic rings. The first-order valence-electron chi connectivity index (χ1n) is 11.3. The second-order valence-corrected chi connectivity index (χ2v) is 8.85. The van der Waals surface area contributed by atoms with Crippen LogP contribution in [0.1, 0.15) is 15.9 Å². The van der Waals surface area contributed by atoms with E-state index in [4.69, 9.17) is 11.6 Å². The number of fused-ring (bicyclic) bond motifs is 1. The van der Waals surface area contributed by atoms with Gasteiger partial charge < -0.3 is 15.1 Å². The van der Waals surface area contributed by atoms with Gasteiger partial charge in [-0.05, 0) is 65.5 Å². The summed E-state index contributed by atoms with van der Waals surface area (Å²) < 4.78 is 26.5. The van der Waals surface area contributed by atoms with Gasteiger partial charge in [0.2, 0.25) is 0 Å². The highest BCUT2D eigenvalue weighted by molar-refractivity contribution is 6.31. The van der Waals surface area contributed by atoms with Crippen molar-refractivity contribution in [1.29, 1.82) is 0 Å². The number of nitrogens with one attached hydrogen (secondary N) is 1. The topological polar surface area (TPSA) is 48.5 Å². The van der Waals surface area contributed by atoms with E-state index >= 15 is 0 Å². The van der Waals surface area contributed by atoms with Crippen LogP contribution in [0.15, 0.2) is 72.9 Å². The number of piperazine rings is 1. The van der Waals surface area contributed by atoms with Crippen molar-refractivity contribution in [3.63, 3.8) is 0 Å². The number of amides is 1. The molecule has 1 fully saturated rings. The van der Waals surface area contributed by atoms with Gasteiger partial charge in [-0.2, -0.15) is 0 Å². The molecular formula is C27H23ClF2N4O. The van der Waals surface area contributed by atoms with Gasteiger partial charge in [0.15, 0.2) is 0 Å². The van der Waals surface area contributed by atoms with Gasteiger partial charge in [0, 0.05) is 60.6 Å². The second-order valence-electron chi connectivity index (χ2n) is 8.44. The van der Waals surface area contributed by atoms with Crippen molar-refractivity contribution in [2.75, 3.05) is 36.0 Å². The Hall–Kier alpha value is -3.71. The molecule has 1 saturated heterocycles. The van der Waals surface area contributed by atoms with Crippen LogP contribution < -0.4 is 15.1 Å². The molecule has 1 aliphatic heterocycles. The van der Waals surface area contributed by atoms with Crippen LogP contribution in [-0.4, -0.2) is 37.1 Å². The number of anilines is 2. The van der Waals surface area contributed by atoms with Crippen molar-refractivity contribution < 1.29 is 13.6 Å². The molecule has 0 saturated carbocycles. The van der Waals surface area contributed by atoms with E-state index in [2.05, 4.69) is 20.1 Å². The van der Waals surface area contributed by atoms with E-state index in [1.165, 1.54) is 24.3 Å². The number of rotatable bonds is 5. The maximum Gasteiger partial charge on any atom is 0.251 e. The maximum absolute atomic E-state index is 13.3. The number of halogens is 3. The third-order valence-corrected chi connectivity index (χ3v) is 6.58. The van der Waals surface area contributed by atoms with Crippen LogP contribution in [0.5, 0.6) is 0 Å². The SMILES string of the molecule is O=C(NCc1ccc(F)cc1Cl)c1ccc2ccnc(N3CCN(c4ccc(F)cc4)CC3)c2c1. The van der Waals surface area contributed by atoms with Gasteiger partial charge in [0.25, 0.3) is 5.91 Å². The molecule has 1 amide bonds. The fourth-order valence-electron chi connectivity index (χ4n) is 4.32. The first-order chi connectivity index (χ1) is 17.0. The quantitative estimate of drug-likeness (QED) is 0.404. The van der Waals surface area contributed by atoms with Crippen LogP contribution in [-0.2, 0) is 6.54 Å². The zero-order valence-electron chi connectivity index (χ0n) is 18.8. The van der Waals surface area contributed by atoms with E-state index in [1.54, 1.807) is 30.5 Å². The minimum Gasteiger partial charge on any atom is -0.368 e. The van der Waals surface area contributed by atoms with Crippen LogP contribution in [0.3, 0.4) is 0 Å². The fraction of sp³-hybridized carbons (Fsp3) is 0.185. The van der Waals surface area contributed by atoms with E-state index < -0.39 is 5.82 Å². The molecule has 3 aromatic carbocycles. The average molecular weight is 493 g/mol. The summed E-state index contributed by atoms with van der Waals surface area (Å²) in [6.07, 6.45) is 1.78. The number of hydrogen-bond donors (Lipinski definition) is 1. The molecule has 0 radical (unpaired) electrons. The molecule has 178 valence electrons. The molecular weight excluding hydrogens is 470 g/mol. The summed E-state index contributed by atoms with van der Waals surface area (Å²) in [7, 11) is 0. The number of nitrogens with zero attached hydrogens (tertiary/aromatic N) is 3. The number of carbonyl (C=O) groups excluding carboxylic acids is 1. The normalized spacial score (nSPS) is 13.8. The van der Waals surface area contributed by atoms with Crippen molar-refractivity contribution in [3.05, 3.63) is 101 Å². The summed E-state index contributed by atoms with van der Waals surface area (Å²) in [6, 6.07) is 18.1. The fourth-order valence-corrected chi connectivity index (χ4v) is 4.55. The second kappa shape index (κ2) is 9.88. The van der Waals surface area contributed by atoms with Crippen LogP contribution >= 0.6 is 11.6 Å². The molecule has 0 atom stereocenters. The summed E-state index contributed by atoms with van der Waals surface area (Å²) in [5.41, 5.74) is 2.15. The molecule has 5 rings (SSSR count). The van der Waals surface area contributed by atoms with Crippen molar-refractivity contribution in [2.45, 2.75) is 6.54 Å². The lowest BCUT2D eigenvalue weighted by molar-refractivity contribution is 0.0951. The van der Waals surface area contributed by atoms with Crippen molar-refractivity contribution in [3.8, 4) is 0 Å². The Morgan fingerprint density at radius 3 is 2.34 bits per heavy atom. The lowest BCUT2D eigenvalue weighted by Crippen LogP contribution is -2.46. The lowest BCUT2D eigenvalue weighted by Gasteiger charge is -2.37. The zero-order chi connectivity index (χ0) is 24.4. The summed E-state index contributed by atoms with van der Waals surface area (Å²) in [5.74, 6) is -0.0770. The Morgan fingerprint density at radius 1 is 0.886 bits per heavy atom. The summed E-state index contributed by atoms with van der Waals surface area (Å²) in [6.45, 7) is 3.26. The smallest absolute Gasteiger partial charge is 0.251 e. The van der Waals surface area contributed by atoms with E-state index in [1.807, 2.05) is 18.2 Å². The highest BCUT2D eigenvalue weighted by Crippen LogP contribution is 2.28. The molecule has 1 N–H and O–H groups in total. The first kappa shape index (κ1) is 23.1.